The number of amides is 1. The van der Waals surface area contributed by atoms with Gasteiger partial charge in [0.05, 0.1) is 19.1 Å². The molecule has 0 aliphatic rings. The van der Waals surface area contributed by atoms with Crippen LogP contribution < -0.4 is 9.04 Å². The molecule has 2 aromatic rings. The Morgan fingerprint density at radius 1 is 1.14 bits per heavy atom. The molecule has 2 rings (SSSR count). The Morgan fingerprint density at radius 2 is 1.75 bits per heavy atom. The van der Waals surface area contributed by atoms with Crippen LogP contribution in [0, 0.1) is 0 Å². The third-order valence-electron chi connectivity index (χ3n) is 4.37. The van der Waals surface area contributed by atoms with Gasteiger partial charge in [-0.1, -0.05) is 36.7 Å². The molecule has 0 saturated carbocycles. The van der Waals surface area contributed by atoms with E-state index in [2.05, 4.69) is 0 Å². The summed E-state index contributed by atoms with van der Waals surface area (Å²) in [6, 6.07) is 12.9. The lowest BCUT2D eigenvalue weighted by molar-refractivity contribution is -0.131. The van der Waals surface area contributed by atoms with Gasteiger partial charge >= 0.3 is 0 Å². The number of halogens is 1. The zero-order valence-corrected chi connectivity index (χ0v) is 18.0. The van der Waals surface area contributed by atoms with Gasteiger partial charge < -0.3 is 9.64 Å². The number of carbonyl (C=O) groups is 1. The quantitative estimate of drug-likeness (QED) is 0.649. The van der Waals surface area contributed by atoms with Crippen LogP contribution in [0.25, 0.3) is 0 Å². The van der Waals surface area contributed by atoms with Gasteiger partial charge in [0, 0.05) is 24.2 Å². The van der Waals surface area contributed by atoms with Crippen LogP contribution in [0.3, 0.4) is 0 Å². The summed E-state index contributed by atoms with van der Waals surface area (Å²) < 4.78 is 31.5. The van der Waals surface area contributed by atoms with E-state index in [9.17, 15) is 13.2 Å². The topological polar surface area (TPSA) is 66.9 Å². The highest BCUT2D eigenvalue weighted by Crippen LogP contribution is 2.26. The minimum atomic E-state index is -3.69. The number of hydrogen-bond acceptors (Lipinski definition) is 4. The first-order valence-corrected chi connectivity index (χ1v) is 11.0. The highest BCUT2D eigenvalue weighted by atomic mass is 35.5. The minimum Gasteiger partial charge on any atom is -0.496 e. The van der Waals surface area contributed by atoms with Crippen LogP contribution >= 0.6 is 11.6 Å². The summed E-state index contributed by atoms with van der Waals surface area (Å²) >= 11 is 5.92. The molecular formula is C20H25ClN2O4S. The van der Waals surface area contributed by atoms with Gasteiger partial charge in [-0.3, -0.25) is 9.10 Å². The number of sulfonamides is 1. The summed E-state index contributed by atoms with van der Waals surface area (Å²) in [5.74, 6) is 0.377. The molecule has 0 heterocycles. The summed E-state index contributed by atoms with van der Waals surface area (Å²) in [5.41, 5.74) is 1.24. The fraction of sp³-hybridized carbons (Fsp3) is 0.350. The lowest BCUT2D eigenvalue weighted by Gasteiger charge is -2.33. The van der Waals surface area contributed by atoms with Crippen LogP contribution in [0.5, 0.6) is 5.75 Å². The molecule has 152 valence electrons. The molecule has 0 saturated heterocycles. The molecule has 1 atom stereocenters. The van der Waals surface area contributed by atoms with E-state index in [0.29, 0.717) is 29.4 Å². The summed E-state index contributed by atoms with van der Waals surface area (Å²) in [4.78, 5) is 14.7. The number of carbonyl (C=O) groups excluding carboxylic acids is 1. The summed E-state index contributed by atoms with van der Waals surface area (Å²) in [6.45, 7) is 2.09. The fourth-order valence-corrected chi connectivity index (χ4v) is 4.38. The predicted molar refractivity (Wildman–Crippen MR) is 112 cm³/mol. The van der Waals surface area contributed by atoms with Crippen molar-refractivity contribution in [2.75, 3.05) is 24.7 Å². The maximum atomic E-state index is 13.2. The number of likely N-dealkylation sites (N-methyl/N-ethyl adjacent to an activating group) is 1. The molecule has 0 unspecified atom stereocenters. The van der Waals surface area contributed by atoms with Gasteiger partial charge in [-0.05, 0) is 36.8 Å². The van der Waals surface area contributed by atoms with Gasteiger partial charge in [0.2, 0.25) is 15.9 Å². The van der Waals surface area contributed by atoms with Crippen molar-refractivity contribution in [1.29, 1.82) is 0 Å². The molecule has 2 aromatic carbocycles. The maximum Gasteiger partial charge on any atom is 0.246 e. The van der Waals surface area contributed by atoms with E-state index in [4.69, 9.17) is 16.3 Å². The average Bonchev–Trinajstić information content (AvgIpc) is 2.66. The molecule has 6 nitrogen and oxygen atoms in total. The van der Waals surface area contributed by atoms with Crippen molar-refractivity contribution in [3.8, 4) is 5.75 Å². The van der Waals surface area contributed by atoms with Crippen molar-refractivity contribution in [2.24, 2.45) is 0 Å². The normalized spacial score (nSPS) is 12.3. The first kappa shape index (κ1) is 22.0. The van der Waals surface area contributed by atoms with E-state index in [-0.39, 0.29) is 5.91 Å². The Kier molecular flexibility index (Phi) is 7.32. The molecule has 0 aromatic heterocycles. The van der Waals surface area contributed by atoms with Crippen molar-refractivity contribution in [1.82, 2.24) is 4.90 Å². The van der Waals surface area contributed by atoms with Gasteiger partial charge in [0.15, 0.2) is 0 Å². The molecule has 1 amide bonds. The van der Waals surface area contributed by atoms with Crippen LogP contribution in [-0.2, 0) is 21.4 Å². The first-order chi connectivity index (χ1) is 13.2. The lowest BCUT2D eigenvalue weighted by Crippen LogP contribution is -2.49. The molecule has 8 heteroatoms. The summed E-state index contributed by atoms with van der Waals surface area (Å²) in [6.07, 6.45) is 1.42. The van der Waals surface area contributed by atoms with Crippen molar-refractivity contribution in [3.63, 3.8) is 0 Å². The maximum absolute atomic E-state index is 13.2. The number of hydrogen-bond donors (Lipinski definition) is 0. The first-order valence-electron chi connectivity index (χ1n) is 8.80. The minimum absolute atomic E-state index is 0.297. The SMILES string of the molecule is CC[C@@H](C(=O)N(C)Cc1ccccc1OC)N(c1ccc(Cl)cc1)S(C)(=O)=O. The van der Waals surface area contributed by atoms with E-state index >= 15 is 0 Å². The average molecular weight is 425 g/mol. The highest BCUT2D eigenvalue weighted by molar-refractivity contribution is 7.92. The number of anilines is 1. The molecule has 0 spiro atoms. The zero-order chi connectivity index (χ0) is 20.9. The van der Waals surface area contributed by atoms with Gasteiger partial charge in [-0.2, -0.15) is 0 Å². The van der Waals surface area contributed by atoms with Gasteiger partial charge in [-0.15, -0.1) is 0 Å². The number of rotatable bonds is 8. The largest absolute Gasteiger partial charge is 0.496 e. The third-order valence-corrected chi connectivity index (χ3v) is 5.80. The van der Waals surface area contributed by atoms with E-state index in [1.807, 2.05) is 24.3 Å². The van der Waals surface area contributed by atoms with Crippen LogP contribution in [-0.4, -0.2) is 45.7 Å². The van der Waals surface area contributed by atoms with Gasteiger partial charge in [0.25, 0.3) is 0 Å². The number of methoxy groups -OCH3 is 1. The van der Waals surface area contributed by atoms with Crippen molar-refractivity contribution < 1.29 is 17.9 Å². The highest BCUT2D eigenvalue weighted by Gasteiger charge is 2.33. The van der Waals surface area contributed by atoms with Crippen molar-refractivity contribution >= 4 is 33.2 Å². The Bertz CT molecular complexity index is 916. The predicted octanol–water partition coefficient (Wildman–Crippen LogP) is 3.55. The molecule has 0 fully saturated rings. The van der Waals surface area contributed by atoms with Crippen LogP contribution in [0.2, 0.25) is 5.02 Å². The third kappa shape index (κ3) is 5.17. The van der Waals surface area contributed by atoms with Crippen molar-refractivity contribution in [3.05, 3.63) is 59.1 Å². The number of nitrogens with zero attached hydrogens (tertiary/aromatic N) is 2. The van der Waals surface area contributed by atoms with Crippen LogP contribution in [0.15, 0.2) is 48.5 Å². The van der Waals surface area contributed by atoms with E-state index in [1.165, 1.54) is 4.90 Å². The van der Waals surface area contributed by atoms with E-state index in [1.54, 1.807) is 45.3 Å². The fourth-order valence-electron chi connectivity index (χ4n) is 3.05. The molecule has 0 radical (unpaired) electrons. The van der Waals surface area contributed by atoms with Gasteiger partial charge in [0.1, 0.15) is 11.8 Å². The molecule has 0 aliphatic heterocycles. The second kappa shape index (κ2) is 9.30. The zero-order valence-electron chi connectivity index (χ0n) is 16.4. The van der Waals surface area contributed by atoms with Crippen LogP contribution in [0.4, 0.5) is 5.69 Å². The number of ether oxygens (including phenoxy) is 1. The number of benzene rings is 2. The van der Waals surface area contributed by atoms with Gasteiger partial charge in [-0.25, -0.2) is 8.42 Å². The Labute approximate surface area is 171 Å². The standard InChI is InChI=1S/C20H25ClN2O4S/c1-5-18(23(28(4,25)26)17-12-10-16(21)11-13-17)20(24)22(2)14-15-8-6-7-9-19(15)27-3/h6-13,18H,5,14H2,1-4H3/t18-/m0/s1. The number of para-hydroxylation sites is 1. The smallest absolute Gasteiger partial charge is 0.246 e. The Balaban J connectivity index is 2.34. The molecule has 28 heavy (non-hydrogen) atoms. The van der Waals surface area contributed by atoms with E-state index in [0.717, 1.165) is 16.1 Å². The summed E-state index contributed by atoms with van der Waals surface area (Å²) in [7, 11) is -0.465. The lowest BCUT2D eigenvalue weighted by atomic mass is 10.1. The molecule has 0 bridgehead atoms. The molecule has 0 N–H and O–H groups in total. The molecular weight excluding hydrogens is 400 g/mol. The second-order valence-electron chi connectivity index (χ2n) is 6.47. The van der Waals surface area contributed by atoms with E-state index < -0.39 is 16.1 Å². The second-order valence-corrected chi connectivity index (χ2v) is 8.76. The van der Waals surface area contributed by atoms with Crippen LogP contribution in [0.1, 0.15) is 18.9 Å². The monoisotopic (exact) mass is 424 g/mol. The Morgan fingerprint density at radius 3 is 2.29 bits per heavy atom. The Hall–Kier alpha value is -2.25. The van der Waals surface area contributed by atoms with Crippen molar-refractivity contribution in [2.45, 2.75) is 25.9 Å². The summed E-state index contributed by atoms with van der Waals surface area (Å²) in [5, 5.41) is 0.491. The molecule has 0 aliphatic carbocycles.